The fraction of sp³-hybridized carbons (Fsp3) is 0. The summed E-state index contributed by atoms with van der Waals surface area (Å²) in [4.78, 5) is 28.5. The zero-order valence-corrected chi connectivity index (χ0v) is 18.6. The molecule has 4 aromatic carbocycles. The number of hydrogen-bond acceptors (Lipinski definition) is 3. The number of thiophene rings is 1. The minimum Gasteiger partial charge on any atom is -0.288 e. The van der Waals surface area contributed by atoms with Gasteiger partial charge in [0.25, 0.3) is 0 Å². The molecule has 0 saturated carbocycles. The monoisotopic (exact) mass is 444 g/mol. The van der Waals surface area contributed by atoms with Crippen molar-refractivity contribution in [3.8, 4) is 22.3 Å². The Kier molecular flexibility index (Phi) is 5.79. The van der Waals surface area contributed by atoms with Crippen molar-refractivity contribution < 1.29 is 9.59 Å². The Hall–Kier alpha value is -4.08. The molecule has 3 heteroatoms. The molecule has 0 atom stereocenters. The van der Waals surface area contributed by atoms with Crippen molar-refractivity contribution in [1.29, 1.82) is 0 Å². The molecule has 0 aliphatic rings. The Bertz CT molecular complexity index is 1290. The third-order valence-electron chi connectivity index (χ3n) is 5.52. The van der Waals surface area contributed by atoms with Crippen LogP contribution in [-0.2, 0) is 0 Å². The van der Waals surface area contributed by atoms with Gasteiger partial charge in [0, 0.05) is 22.3 Å². The maximum Gasteiger partial charge on any atom is 0.203 e. The van der Waals surface area contributed by atoms with Crippen LogP contribution < -0.4 is 0 Å². The van der Waals surface area contributed by atoms with Crippen molar-refractivity contribution >= 4 is 22.9 Å². The molecule has 1 heterocycles. The first-order valence-electron chi connectivity index (χ1n) is 10.7. The Morgan fingerprint density at radius 2 is 0.727 bits per heavy atom. The molecule has 0 bridgehead atoms. The highest BCUT2D eigenvalue weighted by Crippen LogP contribution is 2.45. The molecule has 0 aliphatic heterocycles. The summed E-state index contributed by atoms with van der Waals surface area (Å²) in [6.45, 7) is 0. The van der Waals surface area contributed by atoms with Crippen LogP contribution in [0.25, 0.3) is 22.3 Å². The summed E-state index contributed by atoms with van der Waals surface area (Å²) in [5.74, 6) is -0.160. The van der Waals surface area contributed by atoms with E-state index in [2.05, 4.69) is 0 Å². The maximum atomic E-state index is 13.7. The molecule has 0 spiro atoms. The highest BCUT2D eigenvalue weighted by Gasteiger charge is 2.29. The third kappa shape index (κ3) is 4.07. The average Bonchev–Trinajstić information content (AvgIpc) is 3.30. The lowest BCUT2D eigenvalue weighted by molar-refractivity contribution is 0.103. The van der Waals surface area contributed by atoms with E-state index >= 15 is 0 Å². The van der Waals surface area contributed by atoms with Crippen molar-refractivity contribution in [2.45, 2.75) is 0 Å². The molecule has 5 aromatic rings. The van der Waals surface area contributed by atoms with E-state index in [1.54, 1.807) is 0 Å². The topological polar surface area (TPSA) is 34.1 Å². The number of carbonyl (C=O) groups is 2. The van der Waals surface area contributed by atoms with Crippen LogP contribution in [0.15, 0.2) is 121 Å². The van der Waals surface area contributed by atoms with Gasteiger partial charge >= 0.3 is 0 Å². The van der Waals surface area contributed by atoms with Crippen LogP contribution in [0.5, 0.6) is 0 Å². The minimum atomic E-state index is -0.0799. The van der Waals surface area contributed by atoms with Gasteiger partial charge in [0.1, 0.15) is 0 Å². The van der Waals surface area contributed by atoms with E-state index in [4.69, 9.17) is 0 Å². The van der Waals surface area contributed by atoms with Gasteiger partial charge in [0.15, 0.2) is 0 Å². The van der Waals surface area contributed by atoms with E-state index in [0.717, 1.165) is 22.3 Å². The molecule has 158 valence electrons. The standard InChI is InChI=1S/C30H20O2S/c31-27(23-17-9-3-10-18-23)29-25(21-13-5-1-6-14-21)26(22-15-7-2-8-16-22)30(33-29)28(32)24-19-11-4-12-20-24/h1-20H. The molecular formula is C30H20O2S. The first-order chi connectivity index (χ1) is 16.2. The normalized spacial score (nSPS) is 10.7. The summed E-state index contributed by atoms with van der Waals surface area (Å²) >= 11 is 1.28. The van der Waals surface area contributed by atoms with E-state index in [0.29, 0.717) is 20.9 Å². The Labute approximate surface area is 196 Å². The fourth-order valence-electron chi connectivity index (χ4n) is 3.95. The lowest BCUT2D eigenvalue weighted by Gasteiger charge is -2.10. The van der Waals surface area contributed by atoms with Gasteiger partial charge in [0.05, 0.1) is 9.75 Å². The second-order valence-corrected chi connectivity index (χ2v) is 8.65. The summed E-state index contributed by atoms with van der Waals surface area (Å²) in [5, 5.41) is 0. The summed E-state index contributed by atoms with van der Waals surface area (Å²) in [7, 11) is 0. The van der Waals surface area contributed by atoms with Gasteiger partial charge in [-0.2, -0.15) is 0 Å². The number of carbonyl (C=O) groups excluding carboxylic acids is 2. The van der Waals surface area contributed by atoms with E-state index in [-0.39, 0.29) is 11.6 Å². The molecule has 0 unspecified atom stereocenters. The Morgan fingerprint density at radius 1 is 0.424 bits per heavy atom. The van der Waals surface area contributed by atoms with Gasteiger partial charge in [0.2, 0.25) is 11.6 Å². The molecule has 1 aromatic heterocycles. The Morgan fingerprint density at radius 3 is 1.06 bits per heavy atom. The molecule has 0 fully saturated rings. The molecule has 2 nitrogen and oxygen atoms in total. The first-order valence-corrected chi connectivity index (χ1v) is 11.5. The molecule has 0 amide bonds. The van der Waals surface area contributed by atoms with Gasteiger partial charge in [-0.25, -0.2) is 0 Å². The molecular weight excluding hydrogens is 424 g/mol. The zero-order chi connectivity index (χ0) is 22.6. The Balaban J connectivity index is 1.82. The van der Waals surface area contributed by atoms with Crippen LogP contribution in [0.2, 0.25) is 0 Å². The van der Waals surface area contributed by atoms with Gasteiger partial charge in [-0.15, -0.1) is 11.3 Å². The van der Waals surface area contributed by atoms with E-state index < -0.39 is 0 Å². The van der Waals surface area contributed by atoms with Crippen molar-refractivity contribution in [2.75, 3.05) is 0 Å². The predicted molar refractivity (Wildman–Crippen MR) is 135 cm³/mol. The lowest BCUT2D eigenvalue weighted by atomic mass is 9.91. The van der Waals surface area contributed by atoms with Gasteiger partial charge < -0.3 is 0 Å². The van der Waals surface area contributed by atoms with Crippen LogP contribution in [-0.4, -0.2) is 11.6 Å². The van der Waals surface area contributed by atoms with Crippen molar-refractivity contribution in [3.05, 3.63) is 142 Å². The second-order valence-electron chi connectivity index (χ2n) is 7.63. The zero-order valence-electron chi connectivity index (χ0n) is 17.8. The summed E-state index contributed by atoms with van der Waals surface area (Å²) in [6.07, 6.45) is 0. The van der Waals surface area contributed by atoms with E-state index in [9.17, 15) is 9.59 Å². The van der Waals surface area contributed by atoms with Gasteiger partial charge in [-0.05, 0) is 11.1 Å². The smallest absolute Gasteiger partial charge is 0.203 e. The highest BCUT2D eigenvalue weighted by molar-refractivity contribution is 7.17. The number of hydrogen-bond donors (Lipinski definition) is 0. The van der Waals surface area contributed by atoms with Gasteiger partial charge in [-0.3, -0.25) is 9.59 Å². The molecule has 0 saturated heterocycles. The lowest BCUT2D eigenvalue weighted by Crippen LogP contribution is -2.01. The predicted octanol–water partition coefficient (Wildman–Crippen LogP) is 7.54. The number of benzene rings is 4. The molecule has 0 aliphatic carbocycles. The summed E-state index contributed by atoms with van der Waals surface area (Å²) < 4.78 is 0. The quantitative estimate of drug-likeness (QED) is 0.253. The van der Waals surface area contributed by atoms with Crippen molar-refractivity contribution in [1.82, 2.24) is 0 Å². The number of ketones is 2. The van der Waals surface area contributed by atoms with Crippen LogP contribution in [0.1, 0.15) is 30.5 Å². The van der Waals surface area contributed by atoms with Crippen molar-refractivity contribution in [2.24, 2.45) is 0 Å². The van der Waals surface area contributed by atoms with Crippen LogP contribution in [0, 0.1) is 0 Å². The molecule has 5 rings (SSSR count). The fourth-order valence-corrected chi connectivity index (χ4v) is 5.22. The second kappa shape index (κ2) is 9.19. The van der Waals surface area contributed by atoms with Crippen LogP contribution in [0.3, 0.4) is 0 Å². The van der Waals surface area contributed by atoms with Crippen LogP contribution >= 0.6 is 11.3 Å². The third-order valence-corrected chi connectivity index (χ3v) is 6.70. The molecule has 0 radical (unpaired) electrons. The minimum absolute atomic E-state index is 0.0799. The highest BCUT2D eigenvalue weighted by atomic mass is 32.1. The van der Waals surface area contributed by atoms with E-state index in [1.807, 2.05) is 121 Å². The van der Waals surface area contributed by atoms with Gasteiger partial charge in [-0.1, -0.05) is 121 Å². The van der Waals surface area contributed by atoms with E-state index in [1.165, 1.54) is 11.3 Å². The van der Waals surface area contributed by atoms with Crippen molar-refractivity contribution in [3.63, 3.8) is 0 Å². The molecule has 33 heavy (non-hydrogen) atoms. The summed E-state index contributed by atoms with van der Waals surface area (Å²) in [6, 6.07) is 38.2. The first kappa shape index (κ1) is 20.8. The maximum absolute atomic E-state index is 13.7. The summed E-state index contributed by atoms with van der Waals surface area (Å²) in [5.41, 5.74) is 4.65. The van der Waals surface area contributed by atoms with Crippen LogP contribution in [0.4, 0.5) is 0 Å². The number of rotatable bonds is 6. The molecule has 0 N–H and O–H groups in total. The average molecular weight is 445 g/mol. The largest absolute Gasteiger partial charge is 0.288 e. The SMILES string of the molecule is O=C(c1ccccc1)c1sc(C(=O)c2ccccc2)c(-c2ccccc2)c1-c1ccccc1.